The fourth-order valence-electron chi connectivity index (χ4n) is 14.9. The number of hydrogen-bond donors (Lipinski definition) is 4. The maximum absolute atomic E-state index is 14.6. The number of carbonyl (C=O) groups excluding carboxylic acids is 2. The van der Waals surface area contributed by atoms with E-state index in [1.165, 1.54) is 12.8 Å². The minimum Gasteiger partial charge on any atom is -0.507 e. The van der Waals surface area contributed by atoms with Crippen molar-refractivity contribution in [3.05, 3.63) is 102 Å². The number of likely N-dealkylation sites (tertiary alicyclic amines) is 2. The average molecular weight is 1160 g/mol. The zero-order valence-electron chi connectivity index (χ0n) is 48.7. The Hall–Kier alpha value is -6.87. The van der Waals surface area contributed by atoms with Gasteiger partial charge in [0.05, 0.1) is 51.8 Å². The van der Waals surface area contributed by atoms with E-state index in [2.05, 4.69) is 74.5 Å². The average Bonchev–Trinajstić information content (AvgIpc) is 4.35. The zero-order valence-corrected chi connectivity index (χ0v) is 49.5. The topological polar surface area (TPSA) is 225 Å². The van der Waals surface area contributed by atoms with Crippen LogP contribution in [0.3, 0.4) is 0 Å². The van der Waals surface area contributed by atoms with Crippen molar-refractivity contribution in [3.8, 4) is 33.3 Å². The van der Waals surface area contributed by atoms with E-state index in [1.54, 1.807) is 28.4 Å². The largest absolute Gasteiger partial charge is 0.507 e. The first-order valence-corrected chi connectivity index (χ1v) is 31.6. The van der Waals surface area contributed by atoms with Crippen LogP contribution in [0.5, 0.6) is 11.6 Å². The Labute approximate surface area is 495 Å². The number of rotatable bonds is 17. The number of phenolic OH excluding ortho intramolecular Hbond substituents is 1. The van der Waals surface area contributed by atoms with Crippen molar-refractivity contribution in [1.29, 1.82) is 0 Å². The van der Waals surface area contributed by atoms with Gasteiger partial charge < -0.3 is 59.8 Å². The number of piperazine rings is 1. The van der Waals surface area contributed by atoms with Crippen LogP contribution in [0.25, 0.3) is 21.7 Å². The molecule has 19 nitrogen and oxygen atoms in total. The lowest BCUT2D eigenvalue weighted by Crippen LogP contribution is -2.54. The molecule has 0 radical (unpaired) electrons. The number of pyridine rings is 1. The number of aromatic nitrogens is 5. The molecule has 5 N–H and O–H groups in total. The Morgan fingerprint density at radius 2 is 1.62 bits per heavy atom. The Balaban J connectivity index is 0.557. The summed E-state index contributed by atoms with van der Waals surface area (Å²) in [5, 5.41) is 37.7. The van der Waals surface area contributed by atoms with E-state index in [1.807, 2.05) is 75.8 Å². The van der Waals surface area contributed by atoms with Gasteiger partial charge in [0.1, 0.15) is 23.8 Å². The van der Waals surface area contributed by atoms with E-state index in [0.29, 0.717) is 58.7 Å². The maximum Gasteiger partial charge on any atom is 0.243 e. The van der Waals surface area contributed by atoms with E-state index in [9.17, 15) is 19.8 Å². The van der Waals surface area contributed by atoms with Crippen molar-refractivity contribution in [2.45, 2.75) is 159 Å². The summed E-state index contributed by atoms with van der Waals surface area (Å²) in [5.41, 5.74) is 14.5. The first-order valence-electron chi connectivity index (χ1n) is 30.7. The summed E-state index contributed by atoms with van der Waals surface area (Å²) in [7, 11) is 0. The summed E-state index contributed by atoms with van der Waals surface area (Å²) >= 11 is 1.60. The fourth-order valence-corrected chi connectivity index (χ4v) is 15.7. The number of benzene rings is 2. The first kappa shape index (κ1) is 56.3. The number of anilines is 4. The van der Waals surface area contributed by atoms with Gasteiger partial charge in [0.25, 0.3) is 0 Å². The van der Waals surface area contributed by atoms with Gasteiger partial charge >= 0.3 is 0 Å². The van der Waals surface area contributed by atoms with Crippen molar-refractivity contribution in [2.24, 2.45) is 17.8 Å². The van der Waals surface area contributed by atoms with E-state index in [0.717, 1.165) is 130 Å². The van der Waals surface area contributed by atoms with Crippen molar-refractivity contribution >= 4 is 46.2 Å². The van der Waals surface area contributed by atoms with Crippen LogP contribution in [-0.4, -0.2) is 152 Å². The van der Waals surface area contributed by atoms with Crippen LogP contribution in [0.2, 0.25) is 0 Å². The molecule has 7 aliphatic rings. The number of aliphatic hydroxyl groups excluding tert-OH is 1. The molecule has 9 heterocycles. The summed E-state index contributed by atoms with van der Waals surface area (Å²) in [6.45, 7) is 13.7. The number of hydrogen-bond acceptors (Lipinski definition) is 18. The van der Waals surface area contributed by atoms with Gasteiger partial charge in [0.2, 0.25) is 17.7 Å². The Morgan fingerprint density at radius 1 is 0.833 bits per heavy atom. The SMILES string of the molecule is Cc1ncsc1-c1ccc([C@H](C)NC(=O)[C@@H]2C[C@@H](O)CN2C(=O)[C@H](c2cc(N3CC4CCC(CN5CCC(O[C@H]6C[C@H](Oc7cc(N8C9CCC8CN(c8cc(-c%10ccccc%10O)nnc8N)C9)ccn7)C6)CC5)CC3C4)no2)C(C)C)cc1. The molecule has 5 unspecified atom stereocenters. The molecule has 6 aromatic rings. The van der Waals surface area contributed by atoms with E-state index < -0.39 is 18.1 Å². The van der Waals surface area contributed by atoms with Crippen molar-refractivity contribution in [1.82, 2.24) is 40.4 Å². The van der Waals surface area contributed by atoms with Crippen molar-refractivity contribution in [3.63, 3.8) is 0 Å². The third-order valence-electron chi connectivity index (χ3n) is 19.4. The van der Waals surface area contributed by atoms with E-state index in [-0.39, 0.29) is 60.8 Å². The predicted octanol–water partition coefficient (Wildman–Crippen LogP) is 8.77. The number of aryl methyl sites for hydroxylation is 1. The van der Waals surface area contributed by atoms with E-state index >= 15 is 0 Å². The summed E-state index contributed by atoms with van der Waals surface area (Å²) in [5.74, 6) is 2.41. The van der Waals surface area contributed by atoms with Gasteiger partial charge in [0.15, 0.2) is 17.4 Å². The lowest BCUT2D eigenvalue weighted by atomic mass is 9.91. The number of nitrogen functional groups attached to an aromatic ring is 1. The number of nitrogens with two attached hydrogens (primary N) is 1. The number of amides is 2. The number of carbonyl (C=O) groups is 2. The summed E-state index contributed by atoms with van der Waals surface area (Å²) in [4.78, 5) is 50.2. The molecular weight excluding hydrogens is 1080 g/mol. The van der Waals surface area contributed by atoms with Crippen LogP contribution in [0.4, 0.5) is 23.0 Å². The van der Waals surface area contributed by atoms with Crippen LogP contribution in [-0.2, 0) is 14.3 Å². The van der Waals surface area contributed by atoms with Gasteiger partial charge in [-0.2, -0.15) is 0 Å². The third kappa shape index (κ3) is 11.7. The molecule has 7 fully saturated rings. The minimum atomic E-state index is -0.803. The van der Waals surface area contributed by atoms with E-state index in [4.69, 9.17) is 19.7 Å². The highest BCUT2D eigenvalue weighted by Crippen LogP contribution is 2.43. The normalized spacial score (nSPS) is 27.0. The van der Waals surface area contributed by atoms with Crippen LogP contribution >= 0.6 is 11.3 Å². The maximum atomic E-state index is 14.6. The van der Waals surface area contributed by atoms with Gasteiger partial charge in [0, 0.05) is 113 Å². The van der Waals surface area contributed by atoms with Gasteiger partial charge in [-0.3, -0.25) is 9.59 Å². The van der Waals surface area contributed by atoms with Gasteiger partial charge in [-0.05, 0) is 118 Å². The van der Waals surface area contributed by atoms with Gasteiger partial charge in [-0.25, -0.2) is 9.97 Å². The molecule has 444 valence electrons. The third-order valence-corrected chi connectivity index (χ3v) is 20.4. The standard InChI is InChI=1S/C64H80N12O7S/c1-37(2)60(64(80)75-35-48(77)26-55(75)63(79)68-38(3)42-11-13-43(14-12-42)61-39(4)67-36-84-61)57-30-58(71-83-57)74-32-41-10-9-40(23-47(74)24-41)31-72-21-18-49(19-22-72)81-50-27-51(28-50)82-59-25-44(17-20-66-59)76-45-15-16-46(76)34-73(33-45)54-29-53(69-70-62(54)65)52-7-5-6-8-56(52)78/h5-8,11-14,17,20,25,29-30,36-38,40-41,45-51,55,60,77-78H,9-10,15-16,18-19,21-24,26-28,31-35H2,1-4H3,(H2,65,70)(H,68,79)/t38-,40?,41?,45?,46?,47?,48+,50-,51-,55-,60-/m0/s1. The second-order valence-electron chi connectivity index (χ2n) is 25.4. The monoisotopic (exact) mass is 1160 g/mol. The molecule has 5 saturated heterocycles. The number of aromatic hydroxyl groups is 1. The summed E-state index contributed by atoms with van der Waals surface area (Å²) in [6.07, 6.45) is 12.4. The Bertz CT molecular complexity index is 3280. The molecule has 2 amide bonds. The van der Waals surface area contributed by atoms with Crippen LogP contribution in [0.1, 0.15) is 120 Å². The molecule has 20 heteroatoms. The molecule has 4 aromatic heterocycles. The molecular formula is C64H80N12O7S. The molecule has 2 aromatic carbocycles. The predicted molar refractivity (Wildman–Crippen MR) is 323 cm³/mol. The number of phenols is 1. The number of ether oxygens (including phenoxy) is 2. The van der Waals surface area contributed by atoms with Crippen molar-refractivity contribution in [2.75, 3.05) is 66.2 Å². The number of nitrogens with zero attached hydrogens (tertiary/aromatic N) is 10. The van der Waals surface area contributed by atoms with Crippen LogP contribution in [0, 0.1) is 24.7 Å². The fraction of sp³-hybridized carbons (Fsp3) is 0.547. The molecule has 84 heavy (non-hydrogen) atoms. The minimum absolute atomic E-state index is 0.0855. The number of nitrogens with one attached hydrogen (secondary N) is 1. The lowest BCUT2D eigenvalue weighted by Gasteiger charge is -2.43. The van der Waals surface area contributed by atoms with Gasteiger partial charge in [-0.1, -0.05) is 55.4 Å². The molecule has 2 aliphatic carbocycles. The smallest absolute Gasteiger partial charge is 0.243 e. The molecule has 4 bridgehead atoms. The summed E-state index contributed by atoms with van der Waals surface area (Å²) < 4.78 is 19.3. The first-order chi connectivity index (χ1) is 40.7. The molecule has 0 spiro atoms. The highest BCUT2D eigenvalue weighted by atomic mass is 32.1. The molecule has 9 atom stereocenters. The van der Waals surface area contributed by atoms with Gasteiger partial charge in [-0.15, -0.1) is 21.5 Å². The highest BCUT2D eigenvalue weighted by molar-refractivity contribution is 7.13. The number of thiazole rings is 1. The molecule has 2 saturated carbocycles. The Kier molecular flexibility index (Phi) is 16.0. The quantitative estimate of drug-likeness (QED) is 0.0670. The lowest BCUT2D eigenvalue weighted by molar-refractivity contribution is -0.141. The Morgan fingerprint density at radius 3 is 2.37 bits per heavy atom. The second-order valence-corrected chi connectivity index (χ2v) is 26.3. The van der Waals surface area contributed by atoms with Crippen LogP contribution < -0.4 is 30.5 Å². The highest BCUT2D eigenvalue weighted by Gasteiger charge is 2.46. The number of para-hydroxylation sites is 1. The number of β-amino-alcohol motifs (C(OH)–C–C–N with tert-alkyl or cyclic N) is 1. The number of piperidine rings is 1. The molecule has 5 aliphatic heterocycles. The number of fused-ring (bicyclic) bond motifs is 4. The molecule has 13 rings (SSSR count). The van der Waals surface area contributed by atoms with Crippen molar-refractivity contribution < 1.29 is 33.8 Å². The number of aliphatic hydroxyl groups is 1. The van der Waals surface area contributed by atoms with Crippen LogP contribution in [0.15, 0.2) is 89.0 Å². The zero-order chi connectivity index (χ0) is 57.8. The second kappa shape index (κ2) is 23.9. The summed E-state index contributed by atoms with van der Waals surface area (Å²) in [6, 6.07) is 23.3.